The zero-order valence-electron chi connectivity index (χ0n) is 11.1. The predicted octanol–water partition coefficient (Wildman–Crippen LogP) is 2.15. The van der Waals surface area contributed by atoms with E-state index >= 15 is 0 Å². The molecule has 3 unspecified atom stereocenters. The zero-order chi connectivity index (χ0) is 12.6. The number of hydrogen-bond acceptors (Lipinski definition) is 3. The van der Waals surface area contributed by atoms with Gasteiger partial charge in [0.25, 0.3) is 0 Å². The van der Waals surface area contributed by atoms with Gasteiger partial charge in [0, 0.05) is 25.1 Å². The normalized spacial score (nSPS) is 34.3. The highest BCUT2D eigenvalue weighted by Gasteiger charge is 2.37. The van der Waals surface area contributed by atoms with Crippen molar-refractivity contribution in [2.45, 2.75) is 44.4 Å². The summed E-state index contributed by atoms with van der Waals surface area (Å²) in [6, 6.07) is 8.31. The van der Waals surface area contributed by atoms with Crippen LogP contribution in [0.4, 0.5) is 0 Å². The molecule has 3 rings (SSSR count). The third-order valence-corrected chi connectivity index (χ3v) is 4.33. The van der Waals surface area contributed by atoms with Crippen molar-refractivity contribution in [3.8, 4) is 5.75 Å². The average molecular weight is 247 g/mol. The maximum atomic E-state index is 5.94. The van der Waals surface area contributed by atoms with Gasteiger partial charge in [-0.05, 0) is 31.9 Å². The highest BCUT2D eigenvalue weighted by atomic mass is 16.5. The van der Waals surface area contributed by atoms with E-state index in [2.05, 4.69) is 37.4 Å². The number of ether oxygens (including phenoxy) is 2. The van der Waals surface area contributed by atoms with Crippen molar-refractivity contribution in [1.82, 2.24) is 5.32 Å². The molecule has 0 aliphatic carbocycles. The van der Waals surface area contributed by atoms with Crippen molar-refractivity contribution in [2.24, 2.45) is 0 Å². The van der Waals surface area contributed by atoms with Gasteiger partial charge >= 0.3 is 0 Å². The van der Waals surface area contributed by atoms with Crippen molar-refractivity contribution >= 4 is 0 Å². The molecular formula is C15H21NO2. The smallest absolute Gasteiger partial charge is 0.123 e. The molecule has 1 aromatic carbocycles. The average Bonchev–Trinajstić information content (AvgIpc) is 2.92. The SMILES string of the molecule is CC1OCCC1(C)NCC1Cc2ccccc2O1. The first-order valence-corrected chi connectivity index (χ1v) is 6.78. The van der Waals surface area contributed by atoms with Crippen molar-refractivity contribution in [3.05, 3.63) is 29.8 Å². The van der Waals surface area contributed by atoms with Gasteiger partial charge in [-0.25, -0.2) is 0 Å². The van der Waals surface area contributed by atoms with E-state index in [0.717, 1.165) is 31.7 Å². The minimum absolute atomic E-state index is 0.0954. The highest BCUT2D eigenvalue weighted by molar-refractivity contribution is 5.37. The second-order valence-corrected chi connectivity index (χ2v) is 5.61. The van der Waals surface area contributed by atoms with E-state index in [1.165, 1.54) is 5.56 Å². The molecule has 0 amide bonds. The van der Waals surface area contributed by atoms with E-state index in [-0.39, 0.29) is 17.7 Å². The molecule has 0 radical (unpaired) electrons. The van der Waals surface area contributed by atoms with Gasteiger partial charge in [-0.1, -0.05) is 18.2 Å². The lowest BCUT2D eigenvalue weighted by molar-refractivity contribution is 0.0839. The minimum atomic E-state index is 0.0954. The zero-order valence-corrected chi connectivity index (χ0v) is 11.1. The predicted molar refractivity (Wildman–Crippen MR) is 71.0 cm³/mol. The lowest BCUT2D eigenvalue weighted by Gasteiger charge is -2.30. The van der Waals surface area contributed by atoms with Gasteiger partial charge in [0.2, 0.25) is 0 Å². The summed E-state index contributed by atoms with van der Waals surface area (Å²) in [4.78, 5) is 0. The molecule has 2 aliphatic heterocycles. The van der Waals surface area contributed by atoms with Gasteiger partial charge in [0.05, 0.1) is 6.10 Å². The third kappa shape index (κ3) is 2.13. The summed E-state index contributed by atoms with van der Waals surface area (Å²) in [6.07, 6.45) is 2.62. The van der Waals surface area contributed by atoms with Crippen LogP contribution < -0.4 is 10.1 Å². The van der Waals surface area contributed by atoms with Crippen LogP contribution in [-0.2, 0) is 11.2 Å². The van der Waals surface area contributed by atoms with Crippen molar-refractivity contribution in [2.75, 3.05) is 13.2 Å². The van der Waals surface area contributed by atoms with Crippen molar-refractivity contribution < 1.29 is 9.47 Å². The third-order valence-electron chi connectivity index (χ3n) is 4.33. The van der Waals surface area contributed by atoms with E-state index in [4.69, 9.17) is 9.47 Å². The standard InChI is InChI=1S/C15H21NO2/c1-11-15(2,7-8-17-11)16-10-13-9-12-5-3-4-6-14(12)18-13/h3-6,11,13,16H,7-10H2,1-2H3. The quantitative estimate of drug-likeness (QED) is 0.887. The first kappa shape index (κ1) is 12.0. The van der Waals surface area contributed by atoms with Crippen molar-refractivity contribution in [3.63, 3.8) is 0 Å². The van der Waals surface area contributed by atoms with Gasteiger partial charge in [-0.2, -0.15) is 0 Å². The van der Waals surface area contributed by atoms with Gasteiger partial charge in [-0.3, -0.25) is 0 Å². The van der Waals surface area contributed by atoms with E-state index in [9.17, 15) is 0 Å². The van der Waals surface area contributed by atoms with Gasteiger partial charge in [-0.15, -0.1) is 0 Å². The summed E-state index contributed by atoms with van der Waals surface area (Å²) in [5.41, 5.74) is 1.42. The number of nitrogens with one attached hydrogen (secondary N) is 1. The van der Waals surface area contributed by atoms with E-state index in [0.29, 0.717) is 0 Å². The Morgan fingerprint density at radius 2 is 2.22 bits per heavy atom. The molecule has 0 bridgehead atoms. The minimum Gasteiger partial charge on any atom is -0.488 e. The number of hydrogen-bond donors (Lipinski definition) is 1. The molecule has 1 fully saturated rings. The molecule has 2 heterocycles. The molecule has 3 atom stereocenters. The summed E-state index contributed by atoms with van der Waals surface area (Å²) in [7, 11) is 0. The van der Waals surface area contributed by atoms with Gasteiger partial charge in [0.1, 0.15) is 11.9 Å². The summed E-state index contributed by atoms with van der Waals surface area (Å²) in [5, 5.41) is 3.63. The van der Waals surface area contributed by atoms with E-state index < -0.39 is 0 Å². The van der Waals surface area contributed by atoms with Gasteiger partial charge < -0.3 is 14.8 Å². The first-order valence-electron chi connectivity index (χ1n) is 6.78. The Morgan fingerprint density at radius 3 is 2.94 bits per heavy atom. The van der Waals surface area contributed by atoms with E-state index in [1.807, 2.05) is 6.07 Å². The lowest BCUT2D eigenvalue weighted by atomic mass is 9.94. The molecule has 3 nitrogen and oxygen atoms in total. The Labute approximate surface area is 108 Å². The number of fused-ring (bicyclic) bond motifs is 1. The number of rotatable bonds is 3. The number of benzene rings is 1. The Hall–Kier alpha value is -1.06. The molecule has 1 saturated heterocycles. The summed E-state index contributed by atoms with van der Waals surface area (Å²) >= 11 is 0. The Bertz CT molecular complexity index is 409. The molecule has 98 valence electrons. The van der Waals surface area contributed by atoms with Crippen LogP contribution in [-0.4, -0.2) is 30.9 Å². The first-order chi connectivity index (χ1) is 8.67. The van der Waals surface area contributed by atoms with Crippen LogP contribution in [0, 0.1) is 0 Å². The summed E-state index contributed by atoms with van der Waals surface area (Å²) in [5.74, 6) is 1.05. The largest absolute Gasteiger partial charge is 0.488 e. The second kappa shape index (κ2) is 4.56. The fourth-order valence-electron chi connectivity index (χ4n) is 2.78. The fraction of sp³-hybridized carbons (Fsp3) is 0.600. The molecule has 2 aliphatic rings. The van der Waals surface area contributed by atoms with Crippen LogP contribution in [0.15, 0.2) is 24.3 Å². The molecule has 18 heavy (non-hydrogen) atoms. The fourth-order valence-corrected chi connectivity index (χ4v) is 2.78. The molecular weight excluding hydrogens is 226 g/mol. The van der Waals surface area contributed by atoms with Crippen LogP contribution >= 0.6 is 0 Å². The highest BCUT2D eigenvalue weighted by Crippen LogP contribution is 2.29. The lowest BCUT2D eigenvalue weighted by Crippen LogP contribution is -2.50. The Kier molecular flexibility index (Phi) is 3.04. The number of para-hydroxylation sites is 1. The molecule has 0 aromatic heterocycles. The monoisotopic (exact) mass is 247 g/mol. The van der Waals surface area contributed by atoms with E-state index in [1.54, 1.807) is 0 Å². The van der Waals surface area contributed by atoms with Gasteiger partial charge in [0.15, 0.2) is 0 Å². The topological polar surface area (TPSA) is 30.5 Å². The van der Waals surface area contributed by atoms with Crippen LogP contribution in [0.1, 0.15) is 25.8 Å². The molecule has 0 saturated carbocycles. The maximum absolute atomic E-state index is 5.94. The molecule has 1 aromatic rings. The maximum Gasteiger partial charge on any atom is 0.123 e. The van der Waals surface area contributed by atoms with Crippen LogP contribution in [0.2, 0.25) is 0 Å². The Balaban J connectivity index is 1.57. The van der Waals surface area contributed by atoms with Crippen LogP contribution in [0.5, 0.6) is 5.75 Å². The summed E-state index contributed by atoms with van der Waals surface area (Å²) in [6.45, 7) is 6.13. The van der Waals surface area contributed by atoms with Crippen LogP contribution in [0.3, 0.4) is 0 Å². The van der Waals surface area contributed by atoms with Crippen molar-refractivity contribution in [1.29, 1.82) is 0 Å². The van der Waals surface area contributed by atoms with Crippen LogP contribution in [0.25, 0.3) is 0 Å². The molecule has 0 spiro atoms. The second-order valence-electron chi connectivity index (χ2n) is 5.61. The Morgan fingerprint density at radius 1 is 1.39 bits per heavy atom. The molecule has 1 N–H and O–H groups in total. The summed E-state index contributed by atoms with van der Waals surface area (Å²) < 4.78 is 11.6. The molecule has 3 heteroatoms.